The van der Waals surface area contributed by atoms with Crippen molar-refractivity contribution < 1.29 is 0 Å². The molecule has 4 aromatic rings. The van der Waals surface area contributed by atoms with Gasteiger partial charge in [0.2, 0.25) is 0 Å². The topological polar surface area (TPSA) is 0 Å². The van der Waals surface area contributed by atoms with Crippen LogP contribution in [0.15, 0.2) is 72.8 Å². The van der Waals surface area contributed by atoms with Crippen molar-refractivity contribution in [2.75, 3.05) is 0 Å². The van der Waals surface area contributed by atoms with Gasteiger partial charge in [0.05, 0.1) is 0 Å². The Labute approximate surface area is 174 Å². The van der Waals surface area contributed by atoms with Crippen LogP contribution in [0, 0.1) is 0 Å². The summed E-state index contributed by atoms with van der Waals surface area (Å²) < 4.78 is 2.83. The van der Waals surface area contributed by atoms with Crippen LogP contribution in [0.5, 0.6) is 0 Å². The van der Waals surface area contributed by atoms with Crippen molar-refractivity contribution in [2.24, 2.45) is 0 Å². The number of benzene rings is 4. The van der Waals surface area contributed by atoms with Gasteiger partial charge in [0.1, 0.15) is 0 Å². The molecule has 0 amide bonds. The van der Waals surface area contributed by atoms with E-state index < -0.39 is 0 Å². The first kappa shape index (κ1) is 18.4. The van der Waals surface area contributed by atoms with Gasteiger partial charge in [-0.05, 0) is 0 Å². The van der Waals surface area contributed by atoms with Crippen LogP contribution in [0.3, 0.4) is 0 Å². The van der Waals surface area contributed by atoms with Gasteiger partial charge in [0.25, 0.3) is 0 Å². The summed E-state index contributed by atoms with van der Waals surface area (Å²) in [5.41, 5.74) is 2.53. The molecule has 4 heteroatoms. The summed E-state index contributed by atoms with van der Waals surface area (Å²) in [4.78, 5) is 0. The summed E-state index contributed by atoms with van der Waals surface area (Å²) in [6.07, 6.45) is 0. The molecule has 0 spiro atoms. The number of rotatable bonds is 5. The summed E-state index contributed by atoms with van der Waals surface area (Å²) in [6, 6.07) is 26.2. The van der Waals surface area contributed by atoms with E-state index in [4.69, 9.17) is 23.2 Å². The van der Waals surface area contributed by atoms with Crippen LogP contribution in [0.2, 0.25) is 0 Å². The fraction of sp³-hybridized carbons (Fsp3) is 0.0909. The SMILES string of the molecule is ClCc1cc2ccccc2cc1[Se][Se]c1cc2ccccc2cc1CCl. The van der Waals surface area contributed by atoms with Crippen LogP contribution >= 0.6 is 23.2 Å². The number of hydrogen-bond donors (Lipinski definition) is 0. The third-order valence-electron chi connectivity index (χ3n) is 4.37. The van der Waals surface area contributed by atoms with E-state index in [2.05, 4.69) is 72.8 Å². The Morgan fingerprint density at radius 2 is 0.885 bits per heavy atom. The molecule has 0 aromatic heterocycles. The van der Waals surface area contributed by atoms with Gasteiger partial charge in [0, 0.05) is 0 Å². The molecule has 0 aliphatic heterocycles. The van der Waals surface area contributed by atoms with Crippen molar-refractivity contribution in [3.05, 3.63) is 83.9 Å². The Kier molecular flexibility index (Phi) is 5.91. The van der Waals surface area contributed by atoms with Crippen molar-refractivity contribution in [3.63, 3.8) is 0 Å². The average Bonchev–Trinajstić information content (AvgIpc) is 2.70. The summed E-state index contributed by atoms with van der Waals surface area (Å²) in [5.74, 6) is 1.14. The Morgan fingerprint density at radius 1 is 0.538 bits per heavy atom. The molecule has 26 heavy (non-hydrogen) atoms. The molecule has 0 saturated heterocycles. The average molecular weight is 509 g/mol. The zero-order chi connectivity index (χ0) is 17.9. The third-order valence-corrected chi connectivity index (χ3v) is 12.3. The van der Waals surface area contributed by atoms with E-state index in [0.29, 0.717) is 38.0 Å². The standard InChI is InChI=1S/C22H16Cl2Se2/c23-13-19-9-15-5-1-3-7-17(15)11-21(19)25-26-22-12-18-8-4-2-6-16(18)10-20(22)14-24/h1-12H,13-14H2. The van der Waals surface area contributed by atoms with Gasteiger partial charge in [-0.25, -0.2) is 0 Å². The normalized spacial score (nSPS) is 11.3. The van der Waals surface area contributed by atoms with Crippen molar-refractivity contribution in [1.82, 2.24) is 0 Å². The summed E-state index contributed by atoms with van der Waals surface area (Å²) in [7, 11) is 0. The summed E-state index contributed by atoms with van der Waals surface area (Å²) in [6.45, 7) is 0. The molecule has 0 atom stereocenters. The van der Waals surface area contributed by atoms with E-state index in [9.17, 15) is 0 Å². The van der Waals surface area contributed by atoms with Crippen LogP contribution in [-0.2, 0) is 11.8 Å². The maximum absolute atomic E-state index is 6.25. The second-order valence-electron chi connectivity index (χ2n) is 6.05. The van der Waals surface area contributed by atoms with Crippen LogP contribution in [-0.4, -0.2) is 26.3 Å². The van der Waals surface area contributed by atoms with Gasteiger partial charge in [-0.15, -0.1) is 0 Å². The van der Waals surface area contributed by atoms with Crippen molar-refractivity contribution in [1.29, 1.82) is 0 Å². The first-order valence-corrected chi connectivity index (χ1v) is 15.4. The number of alkyl halides is 2. The van der Waals surface area contributed by atoms with Crippen LogP contribution in [0.1, 0.15) is 11.1 Å². The third kappa shape index (κ3) is 3.82. The summed E-state index contributed by atoms with van der Waals surface area (Å²) >= 11 is 13.3. The van der Waals surface area contributed by atoms with Crippen LogP contribution in [0.25, 0.3) is 21.5 Å². The van der Waals surface area contributed by atoms with Gasteiger partial charge in [-0.1, -0.05) is 0 Å². The van der Waals surface area contributed by atoms with Gasteiger partial charge in [-0.2, -0.15) is 0 Å². The predicted octanol–water partition coefficient (Wildman–Crippen LogP) is 4.74. The van der Waals surface area contributed by atoms with Crippen LogP contribution in [0.4, 0.5) is 0 Å². The molecule has 0 bridgehead atoms. The molecule has 130 valence electrons. The molecule has 0 saturated carbocycles. The van der Waals surface area contributed by atoms with E-state index in [1.165, 1.54) is 41.6 Å². The molecule has 0 heterocycles. The van der Waals surface area contributed by atoms with Crippen molar-refractivity contribution in [3.8, 4) is 0 Å². The van der Waals surface area contributed by atoms with Gasteiger partial charge in [0.15, 0.2) is 0 Å². The fourth-order valence-electron chi connectivity index (χ4n) is 2.99. The molecule has 0 aliphatic carbocycles. The zero-order valence-corrected chi connectivity index (χ0v) is 18.9. The van der Waals surface area contributed by atoms with E-state index in [-0.39, 0.29) is 0 Å². The Bertz CT molecular complexity index is 989. The predicted molar refractivity (Wildman–Crippen MR) is 118 cm³/mol. The molecule has 0 unspecified atom stereocenters. The van der Waals surface area contributed by atoms with Gasteiger partial charge < -0.3 is 0 Å². The van der Waals surface area contributed by atoms with E-state index in [1.54, 1.807) is 0 Å². The second-order valence-corrected chi connectivity index (χ2v) is 12.8. The van der Waals surface area contributed by atoms with Crippen molar-refractivity contribution in [2.45, 2.75) is 11.8 Å². The Balaban J connectivity index is 1.68. The van der Waals surface area contributed by atoms with E-state index in [1.807, 2.05) is 0 Å². The first-order chi connectivity index (χ1) is 12.8. The quantitative estimate of drug-likeness (QED) is 0.270. The van der Waals surface area contributed by atoms with Gasteiger partial charge in [-0.3, -0.25) is 0 Å². The van der Waals surface area contributed by atoms with E-state index >= 15 is 0 Å². The molecule has 0 fully saturated rings. The molecule has 0 N–H and O–H groups in total. The minimum absolute atomic E-state index is 0.379. The molecule has 4 aromatic carbocycles. The molecule has 4 rings (SSSR count). The summed E-state index contributed by atoms with van der Waals surface area (Å²) in [5, 5.41) is 5.12. The fourth-order valence-corrected chi connectivity index (χ4v) is 11.2. The zero-order valence-electron chi connectivity index (χ0n) is 13.9. The number of fused-ring (bicyclic) bond motifs is 2. The molecule has 0 nitrogen and oxygen atoms in total. The minimum atomic E-state index is 0.379. The molecular formula is C22H16Cl2Se2. The second kappa shape index (κ2) is 8.36. The van der Waals surface area contributed by atoms with E-state index in [0.717, 1.165) is 0 Å². The Hall–Kier alpha value is -0.981. The number of hydrogen-bond acceptors (Lipinski definition) is 0. The molecular weight excluding hydrogens is 493 g/mol. The van der Waals surface area contributed by atoms with Crippen LogP contribution < -0.4 is 8.92 Å². The molecule has 0 aliphatic rings. The van der Waals surface area contributed by atoms with Crippen molar-refractivity contribution >= 4 is 79.9 Å². The Morgan fingerprint density at radius 3 is 1.23 bits per heavy atom. The van der Waals surface area contributed by atoms with Gasteiger partial charge >= 0.3 is 176 Å². The monoisotopic (exact) mass is 510 g/mol. The maximum atomic E-state index is 6.25. The first-order valence-electron chi connectivity index (χ1n) is 8.28. The number of halogens is 2. The molecule has 0 radical (unpaired) electrons.